The van der Waals surface area contributed by atoms with Gasteiger partial charge in [0.25, 0.3) is 0 Å². The number of phosphoric acid groups is 2. The maximum atomic E-state index is 8.88. The zero-order valence-corrected chi connectivity index (χ0v) is 9.89. The van der Waals surface area contributed by atoms with E-state index in [1.165, 1.54) is 0 Å². The smallest absolute Gasteiger partial charge is 1.00 e. The number of hydrogen-bond donors (Lipinski definition) is 7. The van der Waals surface area contributed by atoms with Crippen molar-refractivity contribution in [1.29, 1.82) is 0 Å². The van der Waals surface area contributed by atoms with Gasteiger partial charge in [0.2, 0.25) is 0 Å². The van der Waals surface area contributed by atoms with E-state index in [2.05, 4.69) is 0 Å². The molecule has 0 fully saturated rings. The number of hydrogen-bond acceptors (Lipinski definition) is 3. The average Bonchev–Trinajstić information content (AvgIpc) is 1.12. The van der Waals surface area contributed by atoms with E-state index in [0.717, 1.165) is 0 Å². The van der Waals surface area contributed by atoms with Crippen LogP contribution in [-0.4, -0.2) is 29.4 Å². The fourth-order valence-electron chi connectivity index (χ4n) is 0. The van der Waals surface area contributed by atoms with Crippen LogP contribution in [0.1, 0.15) is 1.43 Å². The van der Waals surface area contributed by atoms with Crippen molar-refractivity contribution in [3.05, 3.63) is 0 Å². The molecule has 0 amide bonds. The van der Waals surface area contributed by atoms with Crippen molar-refractivity contribution < 1.29 is 69.5 Å². The third kappa shape index (κ3) is 832. The van der Waals surface area contributed by atoms with Crippen molar-refractivity contribution in [1.82, 2.24) is 6.15 Å². The van der Waals surface area contributed by atoms with Gasteiger partial charge in [0.15, 0.2) is 0 Å². The molecule has 9 N–H and O–H groups in total. The molecule has 0 aliphatic heterocycles. The molecule has 12 heteroatoms. The predicted molar refractivity (Wildman–Crippen MR) is 34.7 cm³/mol. The van der Waals surface area contributed by atoms with E-state index in [1.54, 1.807) is 0 Å². The minimum atomic E-state index is -4.64. The Labute approximate surface area is 91.3 Å². The van der Waals surface area contributed by atoms with E-state index in [4.69, 9.17) is 38.5 Å². The molecule has 0 aromatic carbocycles. The number of rotatable bonds is 0. The van der Waals surface area contributed by atoms with Crippen molar-refractivity contribution in [2.75, 3.05) is 0 Å². The first kappa shape index (κ1) is 23.2. The molecule has 12 heavy (non-hydrogen) atoms. The third-order valence-electron chi connectivity index (χ3n) is 0. The molecule has 0 unspecified atom stereocenters. The topological polar surface area (TPSA) is 191 Å². The predicted octanol–water partition coefficient (Wildman–Crippen LogP) is -4.58. The average molecular weight is 237 g/mol. The van der Waals surface area contributed by atoms with Crippen LogP contribution in [0.4, 0.5) is 0 Å². The maximum absolute atomic E-state index is 8.88. The second kappa shape index (κ2) is 8.76. The van der Waals surface area contributed by atoms with Gasteiger partial charge >= 0.3 is 45.2 Å². The van der Waals surface area contributed by atoms with Crippen LogP contribution in [0.5, 0.6) is 0 Å². The van der Waals surface area contributed by atoms with Crippen LogP contribution < -0.4 is 35.7 Å². The largest absolute Gasteiger partial charge is 1.00 e. The maximum Gasteiger partial charge on any atom is 1.00 e. The Bertz CT molecular complexity index is 134. The molecule has 0 aliphatic carbocycles. The van der Waals surface area contributed by atoms with Gasteiger partial charge in [-0.25, -0.2) is 9.13 Å². The molecule has 0 radical (unpaired) electrons. The van der Waals surface area contributed by atoms with Gasteiger partial charge < -0.3 is 36.9 Å². The molecule has 0 heterocycles. The van der Waals surface area contributed by atoms with Gasteiger partial charge in [-0.05, 0) is 0 Å². The molecular formula is H10NNaO8P2. The molecule has 0 rings (SSSR count). The molecule has 0 saturated carbocycles. The molecule has 0 aliphatic rings. The summed E-state index contributed by atoms with van der Waals surface area (Å²) in [6, 6.07) is 0. The quantitative estimate of drug-likeness (QED) is 0.160. The minimum Gasteiger partial charge on any atom is -1.00 e. The molecule has 0 bridgehead atoms. The fraction of sp³-hybridized carbons (Fsp3) is 0. The van der Waals surface area contributed by atoms with E-state index in [1.807, 2.05) is 0 Å². The second-order valence-electron chi connectivity index (χ2n) is 1.03. The normalized spacial score (nSPS) is 9.83. The molecular weight excluding hydrogens is 227 g/mol. The van der Waals surface area contributed by atoms with Gasteiger partial charge in [-0.2, -0.15) is 0 Å². The summed E-state index contributed by atoms with van der Waals surface area (Å²) in [5, 5.41) is 0. The Morgan fingerprint density at radius 1 is 0.750 bits per heavy atom. The van der Waals surface area contributed by atoms with Gasteiger partial charge in [0.1, 0.15) is 0 Å². The summed E-state index contributed by atoms with van der Waals surface area (Å²) in [4.78, 5) is 43.1. The van der Waals surface area contributed by atoms with E-state index >= 15 is 0 Å². The zero-order valence-electron chi connectivity index (χ0n) is 7.10. The Hall–Kier alpha value is 1.18. The standard InChI is InChI=1S/H3N.Na.2H3O4P.H/c;;2*1-5(2,3)4;/h1H3;;2*(H3,1,2,3,4);/q;+1;;;-1. The van der Waals surface area contributed by atoms with Crippen LogP contribution >= 0.6 is 15.6 Å². The van der Waals surface area contributed by atoms with Gasteiger partial charge in [0, 0.05) is 0 Å². The molecule has 0 saturated heterocycles. The first-order valence-corrected chi connectivity index (χ1v) is 4.70. The van der Waals surface area contributed by atoms with Gasteiger partial charge in [-0.3, -0.25) is 0 Å². The van der Waals surface area contributed by atoms with Crippen molar-refractivity contribution >= 4 is 15.6 Å². The van der Waals surface area contributed by atoms with Crippen LogP contribution in [-0.2, 0) is 9.13 Å². The van der Waals surface area contributed by atoms with Crippen molar-refractivity contribution in [3.63, 3.8) is 0 Å². The molecule has 0 spiro atoms. The summed E-state index contributed by atoms with van der Waals surface area (Å²) in [6.45, 7) is 0. The molecule has 0 aromatic heterocycles. The summed E-state index contributed by atoms with van der Waals surface area (Å²) < 4.78 is 17.8. The van der Waals surface area contributed by atoms with E-state index in [9.17, 15) is 0 Å². The molecule has 9 nitrogen and oxygen atoms in total. The summed E-state index contributed by atoms with van der Waals surface area (Å²) in [5.74, 6) is 0. The second-order valence-corrected chi connectivity index (χ2v) is 3.08. The Kier molecular flexibility index (Phi) is 16.9. The van der Waals surface area contributed by atoms with Crippen LogP contribution in [0.15, 0.2) is 0 Å². The summed E-state index contributed by atoms with van der Waals surface area (Å²) in [6.07, 6.45) is 0. The van der Waals surface area contributed by atoms with Gasteiger partial charge in [-0.15, -0.1) is 0 Å². The summed E-state index contributed by atoms with van der Waals surface area (Å²) in [5.41, 5.74) is 0. The molecule has 0 atom stereocenters. The summed E-state index contributed by atoms with van der Waals surface area (Å²) >= 11 is 0. The molecule has 74 valence electrons. The zero-order chi connectivity index (χ0) is 9.00. The van der Waals surface area contributed by atoms with Gasteiger partial charge in [-0.1, -0.05) is 0 Å². The van der Waals surface area contributed by atoms with Crippen LogP contribution in [0.25, 0.3) is 0 Å². The van der Waals surface area contributed by atoms with E-state index in [-0.39, 0.29) is 37.1 Å². The van der Waals surface area contributed by atoms with Gasteiger partial charge in [0.05, 0.1) is 0 Å². The Morgan fingerprint density at radius 3 is 0.750 bits per heavy atom. The van der Waals surface area contributed by atoms with Crippen LogP contribution in [0, 0.1) is 0 Å². The SMILES string of the molecule is N.O=P(O)(O)O.O=P(O)(O)O.[H-].[Na+]. The monoisotopic (exact) mass is 237 g/mol. The van der Waals surface area contributed by atoms with Crippen molar-refractivity contribution in [2.24, 2.45) is 0 Å². The third-order valence-corrected chi connectivity index (χ3v) is 0. The van der Waals surface area contributed by atoms with E-state index in [0.29, 0.717) is 0 Å². The van der Waals surface area contributed by atoms with E-state index < -0.39 is 15.6 Å². The fourth-order valence-corrected chi connectivity index (χ4v) is 0. The Morgan fingerprint density at radius 2 is 0.750 bits per heavy atom. The minimum absolute atomic E-state index is 0. The first-order valence-electron chi connectivity index (χ1n) is 1.57. The van der Waals surface area contributed by atoms with Crippen molar-refractivity contribution in [2.45, 2.75) is 0 Å². The van der Waals surface area contributed by atoms with Crippen LogP contribution in [0.2, 0.25) is 0 Å². The Balaban J connectivity index is -0.0000000267. The van der Waals surface area contributed by atoms with Crippen LogP contribution in [0.3, 0.4) is 0 Å². The first-order chi connectivity index (χ1) is 4.00. The summed E-state index contributed by atoms with van der Waals surface area (Å²) in [7, 11) is -9.28. The molecule has 0 aromatic rings. The van der Waals surface area contributed by atoms with Crippen molar-refractivity contribution in [3.8, 4) is 0 Å².